The first-order valence-corrected chi connectivity index (χ1v) is 25.9. The van der Waals surface area contributed by atoms with Gasteiger partial charge in [-0.15, -0.1) is 0 Å². The molecule has 0 amide bonds. The molecular formula is C53H104. The monoisotopic (exact) mass is 741 g/mol. The molecule has 0 saturated heterocycles. The Morgan fingerprint density at radius 3 is 0.830 bits per heavy atom. The van der Waals surface area contributed by atoms with Gasteiger partial charge in [0.05, 0.1) is 0 Å². The second-order valence-electron chi connectivity index (χ2n) is 18.6. The molecule has 0 heteroatoms. The second kappa shape index (κ2) is 40.0. The van der Waals surface area contributed by atoms with Crippen LogP contribution in [0.2, 0.25) is 0 Å². The maximum atomic E-state index is 2.34. The maximum absolute atomic E-state index is 2.34. The number of rotatable bonds is 44. The molecule has 0 heterocycles. The van der Waals surface area contributed by atoms with Crippen LogP contribution in [0, 0.1) is 5.41 Å². The van der Waals surface area contributed by atoms with Crippen LogP contribution in [0.25, 0.3) is 0 Å². The molecule has 1 aliphatic carbocycles. The summed E-state index contributed by atoms with van der Waals surface area (Å²) in [5, 5.41) is 0. The third kappa shape index (κ3) is 29.6. The summed E-state index contributed by atoms with van der Waals surface area (Å²) in [5.74, 6) is 0. The third-order valence-corrected chi connectivity index (χ3v) is 13.6. The van der Waals surface area contributed by atoms with Gasteiger partial charge in [-0.05, 0) is 56.8 Å². The Morgan fingerprint density at radius 1 is 0.283 bits per heavy atom. The third-order valence-electron chi connectivity index (χ3n) is 13.6. The van der Waals surface area contributed by atoms with Crippen molar-refractivity contribution in [1.82, 2.24) is 0 Å². The van der Waals surface area contributed by atoms with Crippen LogP contribution in [-0.2, 0) is 0 Å². The van der Waals surface area contributed by atoms with Crippen LogP contribution in [0.5, 0.6) is 0 Å². The molecule has 53 heavy (non-hydrogen) atoms. The summed E-state index contributed by atoms with van der Waals surface area (Å²) in [6, 6.07) is 0. The Bertz CT molecular complexity index is 719. The number of hydrogen-bond acceptors (Lipinski definition) is 0. The molecule has 0 aromatic rings. The summed E-state index contributed by atoms with van der Waals surface area (Å²) in [6.45, 7) is 9.35. The molecule has 1 rings (SSSR count). The Balaban J connectivity index is 2.75. The zero-order valence-electron chi connectivity index (χ0n) is 38.0. The van der Waals surface area contributed by atoms with Crippen LogP contribution in [0.15, 0.2) is 11.1 Å². The quantitative estimate of drug-likeness (QED) is 0.0431. The van der Waals surface area contributed by atoms with E-state index in [4.69, 9.17) is 0 Å². The van der Waals surface area contributed by atoms with Gasteiger partial charge in [0.2, 0.25) is 0 Å². The predicted octanol–water partition coefficient (Wildman–Crippen LogP) is 20.3. The summed E-state index contributed by atoms with van der Waals surface area (Å²) in [5.41, 5.74) is 4.62. The average Bonchev–Trinajstić information content (AvgIpc) is 3.50. The van der Waals surface area contributed by atoms with Crippen molar-refractivity contribution in [3.8, 4) is 0 Å². The zero-order valence-corrected chi connectivity index (χ0v) is 38.0. The minimum Gasteiger partial charge on any atom is -0.0704 e. The molecule has 0 bridgehead atoms. The van der Waals surface area contributed by atoms with Crippen LogP contribution in [-0.4, -0.2) is 0 Å². The second-order valence-corrected chi connectivity index (χ2v) is 18.6. The van der Waals surface area contributed by atoms with Crippen LogP contribution in [0.4, 0.5) is 0 Å². The lowest BCUT2D eigenvalue weighted by atomic mass is 9.71. The minimum absolute atomic E-state index is 0.577. The van der Waals surface area contributed by atoms with E-state index >= 15 is 0 Å². The fraction of sp³-hybridized carbons (Fsp3) is 0.962. The van der Waals surface area contributed by atoms with E-state index in [1.807, 2.05) is 5.57 Å². The Hall–Kier alpha value is -0.260. The molecule has 0 fully saturated rings. The van der Waals surface area contributed by atoms with Gasteiger partial charge in [-0.1, -0.05) is 283 Å². The van der Waals surface area contributed by atoms with Crippen LogP contribution in [0.3, 0.4) is 0 Å². The van der Waals surface area contributed by atoms with Gasteiger partial charge >= 0.3 is 0 Å². The molecule has 0 aliphatic heterocycles. The smallest absolute Gasteiger partial charge is 0.00824 e. The van der Waals surface area contributed by atoms with Crippen molar-refractivity contribution in [2.45, 2.75) is 323 Å². The number of allylic oxidation sites excluding steroid dienone is 2. The molecule has 0 radical (unpaired) electrons. The lowest BCUT2D eigenvalue weighted by molar-refractivity contribution is 0.265. The van der Waals surface area contributed by atoms with Crippen molar-refractivity contribution in [3.05, 3.63) is 11.1 Å². The van der Waals surface area contributed by atoms with Gasteiger partial charge in [-0.25, -0.2) is 0 Å². The minimum atomic E-state index is 0.577. The van der Waals surface area contributed by atoms with E-state index in [1.54, 1.807) is 0 Å². The van der Waals surface area contributed by atoms with Gasteiger partial charge < -0.3 is 0 Å². The van der Waals surface area contributed by atoms with E-state index in [9.17, 15) is 0 Å². The van der Waals surface area contributed by atoms with Gasteiger partial charge in [-0.3, -0.25) is 0 Å². The molecule has 0 spiro atoms. The normalized spacial score (nSPS) is 14.3. The first-order chi connectivity index (χ1) is 26.2. The highest BCUT2D eigenvalue weighted by Gasteiger charge is 2.38. The summed E-state index contributed by atoms with van der Waals surface area (Å²) in [6.07, 6.45) is 67.6. The molecule has 0 aromatic heterocycles. The molecule has 0 saturated carbocycles. The topological polar surface area (TPSA) is 0 Å². The van der Waals surface area contributed by atoms with E-state index in [1.165, 1.54) is 295 Å². The van der Waals surface area contributed by atoms with Crippen molar-refractivity contribution in [1.29, 1.82) is 0 Å². The van der Waals surface area contributed by atoms with Crippen molar-refractivity contribution in [2.75, 3.05) is 0 Å². The van der Waals surface area contributed by atoms with Crippen LogP contribution < -0.4 is 0 Å². The summed E-state index contributed by atoms with van der Waals surface area (Å²) in [4.78, 5) is 0. The van der Waals surface area contributed by atoms with E-state index in [0.717, 1.165) is 0 Å². The fourth-order valence-corrected chi connectivity index (χ4v) is 9.98. The maximum Gasteiger partial charge on any atom is -0.00824 e. The number of hydrogen-bond donors (Lipinski definition) is 0. The summed E-state index contributed by atoms with van der Waals surface area (Å²) in [7, 11) is 0. The van der Waals surface area contributed by atoms with Crippen LogP contribution in [0.1, 0.15) is 323 Å². The molecule has 0 N–H and O–H groups in total. The number of unbranched alkanes of at least 4 members (excludes halogenated alkanes) is 36. The molecule has 316 valence electrons. The first kappa shape index (κ1) is 50.8. The van der Waals surface area contributed by atoms with Gasteiger partial charge in [0, 0.05) is 0 Å². The Kier molecular flexibility index (Phi) is 38.3. The van der Waals surface area contributed by atoms with E-state index < -0.39 is 0 Å². The lowest BCUT2D eigenvalue weighted by Crippen LogP contribution is -2.21. The SMILES string of the molecule is CCCCCCCCCCCCC1=C(CCCCCCCCCCCC)C(CCCCCCCCCCCC)(CCCCCCCCCCCC)CC1. The summed E-state index contributed by atoms with van der Waals surface area (Å²) < 4.78 is 0. The largest absolute Gasteiger partial charge is 0.0704 e. The van der Waals surface area contributed by atoms with Gasteiger partial charge in [0.25, 0.3) is 0 Å². The molecule has 0 aromatic carbocycles. The van der Waals surface area contributed by atoms with Gasteiger partial charge in [-0.2, -0.15) is 0 Å². The van der Waals surface area contributed by atoms with Crippen molar-refractivity contribution >= 4 is 0 Å². The summed E-state index contributed by atoms with van der Waals surface area (Å²) >= 11 is 0. The molecular weight excluding hydrogens is 637 g/mol. The standard InChI is InChI=1S/C53H104/c1-5-9-13-17-21-25-29-33-37-41-45-51-47-50-53(48-43-39-35-31-27-23-19-15-11-7-3,49-44-40-36-32-28-24-20-16-12-8-4)52(51)46-42-38-34-30-26-22-18-14-10-6-2/h5-50H2,1-4H3. The van der Waals surface area contributed by atoms with Crippen LogP contribution >= 0.6 is 0 Å². The Morgan fingerprint density at radius 2 is 0.528 bits per heavy atom. The predicted molar refractivity (Wildman–Crippen MR) is 245 cm³/mol. The van der Waals surface area contributed by atoms with Gasteiger partial charge in [0.1, 0.15) is 0 Å². The van der Waals surface area contributed by atoms with E-state index in [0.29, 0.717) is 5.41 Å². The fourth-order valence-electron chi connectivity index (χ4n) is 9.98. The Labute approximate surface area is 338 Å². The molecule has 0 unspecified atom stereocenters. The average molecular weight is 741 g/mol. The highest BCUT2D eigenvalue weighted by Crippen LogP contribution is 2.53. The van der Waals surface area contributed by atoms with Gasteiger partial charge in [0.15, 0.2) is 0 Å². The van der Waals surface area contributed by atoms with E-state index in [-0.39, 0.29) is 0 Å². The highest BCUT2D eigenvalue weighted by atomic mass is 14.4. The highest BCUT2D eigenvalue weighted by molar-refractivity contribution is 5.29. The molecule has 1 aliphatic rings. The van der Waals surface area contributed by atoms with Crippen molar-refractivity contribution < 1.29 is 0 Å². The van der Waals surface area contributed by atoms with Crippen molar-refractivity contribution in [2.24, 2.45) is 5.41 Å². The van der Waals surface area contributed by atoms with Crippen molar-refractivity contribution in [3.63, 3.8) is 0 Å². The molecule has 0 atom stereocenters. The molecule has 0 nitrogen and oxygen atoms in total. The first-order valence-electron chi connectivity index (χ1n) is 25.9. The van der Waals surface area contributed by atoms with E-state index in [2.05, 4.69) is 33.3 Å². The zero-order chi connectivity index (χ0) is 38.2. The lowest BCUT2D eigenvalue weighted by Gasteiger charge is -2.34.